The first-order valence-electron chi connectivity index (χ1n) is 9.59. The van der Waals surface area contributed by atoms with Gasteiger partial charge in [-0.25, -0.2) is 12.8 Å². The summed E-state index contributed by atoms with van der Waals surface area (Å²) >= 11 is 1.74. The van der Waals surface area contributed by atoms with Crippen LogP contribution in [0.1, 0.15) is 30.6 Å². The summed E-state index contributed by atoms with van der Waals surface area (Å²) in [5.41, 5.74) is 0.605. The third-order valence-corrected chi connectivity index (χ3v) is 7.60. The minimum absolute atomic E-state index is 0.0666. The Morgan fingerprint density at radius 1 is 0.966 bits per heavy atom. The van der Waals surface area contributed by atoms with E-state index in [1.54, 1.807) is 16.7 Å². The number of rotatable bonds is 5. The molecule has 29 heavy (non-hydrogen) atoms. The number of halogens is 1. The molecule has 1 aliphatic heterocycles. The van der Waals surface area contributed by atoms with Gasteiger partial charge < -0.3 is 4.90 Å². The van der Waals surface area contributed by atoms with E-state index in [1.165, 1.54) is 16.4 Å². The summed E-state index contributed by atoms with van der Waals surface area (Å²) in [6, 6.07) is 12.4. The number of carbonyl (C=O) groups excluding carboxylic acids is 1. The van der Waals surface area contributed by atoms with Crippen molar-refractivity contribution < 1.29 is 17.6 Å². The fourth-order valence-corrected chi connectivity index (χ4v) is 5.53. The van der Waals surface area contributed by atoms with Gasteiger partial charge >= 0.3 is 0 Å². The molecule has 0 bridgehead atoms. The van der Waals surface area contributed by atoms with Crippen LogP contribution in [0.2, 0.25) is 0 Å². The maximum atomic E-state index is 13.1. The van der Waals surface area contributed by atoms with Gasteiger partial charge in [-0.3, -0.25) is 4.79 Å². The van der Waals surface area contributed by atoms with Crippen LogP contribution in [0.15, 0.2) is 58.3 Å². The summed E-state index contributed by atoms with van der Waals surface area (Å²) in [6.45, 7) is 5.60. The Balaban J connectivity index is 1.67. The average molecular weight is 437 g/mol. The smallest absolute Gasteiger partial charge is 0.253 e. The first kappa shape index (κ1) is 21.8. The van der Waals surface area contributed by atoms with Gasteiger partial charge in [0, 0.05) is 41.9 Å². The van der Waals surface area contributed by atoms with Crippen LogP contribution < -0.4 is 0 Å². The van der Waals surface area contributed by atoms with E-state index in [2.05, 4.69) is 13.8 Å². The molecule has 0 unspecified atom stereocenters. The van der Waals surface area contributed by atoms with E-state index in [9.17, 15) is 17.6 Å². The molecule has 8 heteroatoms. The average Bonchev–Trinajstić information content (AvgIpc) is 2.95. The van der Waals surface area contributed by atoms with Crippen molar-refractivity contribution in [2.45, 2.75) is 35.3 Å². The zero-order valence-corrected chi connectivity index (χ0v) is 18.2. The second kappa shape index (κ2) is 9.28. The van der Waals surface area contributed by atoms with Gasteiger partial charge in [0.1, 0.15) is 5.82 Å². The molecule has 2 aromatic rings. The number of benzene rings is 2. The molecule has 0 aromatic heterocycles. The number of hydrogen-bond acceptors (Lipinski definition) is 4. The van der Waals surface area contributed by atoms with Crippen molar-refractivity contribution in [3.05, 3.63) is 59.9 Å². The Bertz CT molecular complexity index is 945. The van der Waals surface area contributed by atoms with Crippen molar-refractivity contribution in [3.8, 4) is 0 Å². The Hall–Kier alpha value is -1.90. The SMILES string of the molecule is CC(C)Sc1ccc(C(=O)N2CCCN(S(=O)(=O)c3ccc(F)cc3)CC2)cc1. The van der Waals surface area contributed by atoms with Gasteiger partial charge in [0.15, 0.2) is 0 Å². The summed E-state index contributed by atoms with van der Waals surface area (Å²) in [4.78, 5) is 15.7. The number of carbonyl (C=O) groups is 1. The number of hydrogen-bond donors (Lipinski definition) is 0. The summed E-state index contributed by atoms with van der Waals surface area (Å²) in [6.07, 6.45) is 0.549. The first-order chi connectivity index (χ1) is 13.8. The maximum Gasteiger partial charge on any atom is 0.253 e. The molecular formula is C21H25FN2O3S2. The topological polar surface area (TPSA) is 57.7 Å². The van der Waals surface area contributed by atoms with Crippen molar-refractivity contribution in [3.63, 3.8) is 0 Å². The minimum Gasteiger partial charge on any atom is -0.337 e. The van der Waals surface area contributed by atoms with E-state index < -0.39 is 15.8 Å². The second-order valence-corrected chi connectivity index (χ2v) is 10.8. The summed E-state index contributed by atoms with van der Waals surface area (Å²) in [5, 5.41) is 0.469. The molecule has 1 amide bonds. The molecule has 0 atom stereocenters. The normalized spacial score (nSPS) is 16.1. The summed E-state index contributed by atoms with van der Waals surface area (Å²) < 4.78 is 40.1. The molecule has 1 aliphatic rings. The molecule has 1 heterocycles. The summed E-state index contributed by atoms with van der Waals surface area (Å²) in [5.74, 6) is -0.568. The summed E-state index contributed by atoms with van der Waals surface area (Å²) in [7, 11) is -3.71. The molecule has 0 aliphatic carbocycles. The highest BCUT2D eigenvalue weighted by Crippen LogP contribution is 2.24. The van der Waals surface area contributed by atoms with Crippen LogP contribution in [0.25, 0.3) is 0 Å². The van der Waals surface area contributed by atoms with Gasteiger partial charge in [0.05, 0.1) is 4.90 Å². The zero-order chi connectivity index (χ0) is 21.0. The fraction of sp³-hybridized carbons (Fsp3) is 0.381. The second-order valence-electron chi connectivity index (χ2n) is 7.19. The van der Waals surface area contributed by atoms with E-state index in [0.717, 1.165) is 17.0 Å². The van der Waals surface area contributed by atoms with Crippen molar-refractivity contribution in [1.29, 1.82) is 0 Å². The molecule has 3 rings (SSSR count). The molecule has 0 spiro atoms. The number of thioether (sulfide) groups is 1. The molecule has 156 valence electrons. The molecule has 0 saturated carbocycles. The van der Waals surface area contributed by atoms with E-state index in [-0.39, 0.29) is 17.3 Å². The van der Waals surface area contributed by atoms with Gasteiger partial charge in [0.2, 0.25) is 10.0 Å². The van der Waals surface area contributed by atoms with Gasteiger partial charge in [-0.2, -0.15) is 4.31 Å². The van der Waals surface area contributed by atoms with E-state index in [1.807, 2.05) is 24.3 Å². The zero-order valence-electron chi connectivity index (χ0n) is 16.5. The maximum absolute atomic E-state index is 13.1. The lowest BCUT2D eigenvalue weighted by Gasteiger charge is -2.22. The van der Waals surface area contributed by atoms with Gasteiger partial charge in [0.25, 0.3) is 5.91 Å². The third kappa shape index (κ3) is 5.38. The highest BCUT2D eigenvalue weighted by Gasteiger charge is 2.28. The van der Waals surface area contributed by atoms with Crippen LogP contribution in [0, 0.1) is 5.82 Å². The highest BCUT2D eigenvalue weighted by atomic mass is 32.2. The third-order valence-electron chi connectivity index (χ3n) is 4.67. The lowest BCUT2D eigenvalue weighted by Crippen LogP contribution is -2.37. The number of sulfonamides is 1. The van der Waals surface area contributed by atoms with Gasteiger partial charge in [-0.1, -0.05) is 13.8 Å². The molecule has 0 radical (unpaired) electrons. The number of amides is 1. The molecule has 1 saturated heterocycles. The number of nitrogens with zero attached hydrogens (tertiary/aromatic N) is 2. The highest BCUT2D eigenvalue weighted by molar-refractivity contribution is 7.99. The Kier molecular flexibility index (Phi) is 6.97. The van der Waals surface area contributed by atoms with E-state index in [0.29, 0.717) is 36.9 Å². The van der Waals surface area contributed by atoms with Crippen LogP contribution in [0.4, 0.5) is 4.39 Å². The lowest BCUT2D eigenvalue weighted by molar-refractivity contribution is 0.0764. The lowest BCUT2D eigenvalue weighted by atomic mass is 10.2. The first-order valence-corrected chi connectivity index (χ1v) is 11.9. The van der Waals surface area contributed by atoms with Crippen molar-refractivity contribution in [2.75, 3.05) is 26.2 Å². The molecule has 2 aromatic carbocycles. The predicted molar refractivity (Wildman–Crippen MR) is 113 cm³/mol. The predicted octanol–water partition coefficient (Wildman–Crippen LogP) is 3.86. The van der Waals surface area contributed by atoms with Gasteiger partial charge in [-0.15, -0.1) is 11.8 Å². The van der Waals surface area contributed by atoms with Crippen molar-refractivity contribution >= 4 is 27.7 Å². The molecule has 1 fully saturated rings. The quantitative estimate of drug-likeness (QED) is 0.668. The molecule has 5 nitrogen and oxygen atoms in total. The fourth-order valence-electron chi connectivity index (χ4n) is 3.22. The Morgan fingerprint density at radius 3 is 2.24 bits per heavy atom. The monoisotopic (exact) mass is 436 g/mol. The Labute approximate surface area is 175 Å². The minimum atomic E-state index is -3.71. The molecule has 0 N–H and O–H groups in total. The molecular weight excluding hydrogens is 411 g/mol. The van der Waals surface area contributed by atoms with Crippen molar-refractivity contribution in [2.24, 2.45) is 0 Å². The van der Waals surface area contributed by atoms with E-state index >= 15 is 0 Å². The van der Waals surface area contributed by atoms with Gasteiger partial charge in [-0.05, 0) is 55.0 Å². The van der Waals surface area contributed by atoms with Crippen LogP contribution >= 0.6 is 11.8 Å². The largest absolute Gasteiger partial charge is 0.337 e. The van der Waals surface area contributed by atoms with Crippen LogP contribution in [-0.4, -0.2) is 55.0 Å². The Morgan fingerprint density at radius 2 is 1.62 bits per heavy atom. The van der Waals surface area contributed by atoms with Crippen LogP contribution in [0.5, 0.6) is 0 Å². The van der Waals surface area contributed by atoms with Crippen LogP contribution in [0.3, 0.4) is 0 Å². The standard InChI is InChI=1S/C21H25FN2O3S2/c1-16(2)28-19-8-4-17(5-9-19)21(25)23-12-3-13-24(15-14-23)29(26,27)20-10-6-18(22)7-11-20/h4-11,16H,3,12-15H2,1-2H3. The van der Waals surface area contributed by atoms with Crippen LogP contribution in [-0.2, 0) is 10.0 Å². The van der Waals surface area contributed by atoms with Crippen molar-refractivity contribution in [1.82, 2.24) is 9.21 Å². The van der Waals surface area contributed by atoms with E-state index in [4.69, 9.17) is 0 Å².